The van der Waals surface area contributed by atoms with Gasteiger partial charge in [0.2, 0.25) is 0 Å². The maximum atomic E-state index is 13.6. The first kappa shape index (κ1) is 16.0. The molecule has 0 aliphatic carbocycles. The summed E-state index contributed by atoms with van der Waals surface area (Å²) in [5.41, 5.74) is -0.643. The lowest BCUT2D eigenvalue weighted by atomic mass is 10.1. The Hall–Kier alpha value is -1.05. The zero-order valence-electron chi connectivity index (χ0n) is 10.5. The van der Waals surface area contributed by atoms with E-state index in [1.165, 1.54) is 14.2 Å². The molecule has 19 heavy (non-hydrogen) atoms. The molecule has 0 spiro atoms. The Balaban J connectivity index is 2.88. The Morgan fingerprint density at radius 1 is 1.47 bits per heavy atom. The average molecular weight is 338 g/mol. The fraction of sp³-hybridized carbons (Fsp3) is 0.417. The van der Waals surface area contributed by atoms with Crippen LogP contribution in [0.5, 0.6) is 0 Å². The van der Waals surface area contributed by atoms with E-state index < -0.39 is 29.2 Å². The number of amides is 1. The van der Waals surface area contributed by atoms with E-state index in [2.05, 4.69) is 15.9 Å². The van der Waals surface area contributed by atoms with Gasteiger partial charge in [-0.1, -0.05) is 15.9 Å². The van der Waals surface area contributed by atoms with Crippen LogP contribution in [-0.4, -0.2) is 49.3 Å². The number of halogens is 3. The number of aliphatic hydroxyl groups is 1. The summed E-state index contributed by atoms with van der Waals surface area (Å²) >= 11 is 2.93. The topological polar surface area (TPSA) is 49.8 Å². The molecule has 1 aromatic carbocycles. The molecule has 1 rings (SSSR count). The van der Waals surface area contributed by atoms with Crippen LogP contribution in [0.15, 0.2) is 16.6 Å². The molecule has 0 fully saturated rings. The second kappa shape index (κ2) is 6.93. The number of ether oxygens (including phenoxy) is 1. The lowest BCUT2D eigenvalue weighted by Crippen LogP contribution is -2.37. The van der Waals surface area contributed by atoms with E-state index in [0.29, 0.717) is 0 Å². The van der Waals surface area contributed by atoms with E-state index in [-0.39, 0.29) is 17.6 Å². The van der Waals surface area contributed by atoms with E-state index in [9.17, 15) is 18.7 Å². The molecule has 0 saturated carbocycles. The number of hydrogen-bond acceptors (Lipinski definition) is 3. The Kier molecular flexibility index (Phi) is 5.84. The van der Waals surface area contributed by atoms with Crippen LogP contribution in [0.25, 0.3) is 0 Å². The molecule has 0 radical (unpaired) electrons. The zero-order chi connectivity index (χ0) is 14.6. The van der Waals surface area contributed by atoms with Crippen molar-refractivity contribution in [3.05, 3.63) is 33.8 Å². The van der Waals surface area contributed by atoms with Crippen molar-refractivity contribution < 1.29 is 23.4 Å². The minimum Gasteiger partial charge on any atom is -0.389 e. The van der Waals surface area contributed by atoms with Crippen molar-refractivity contribution in [2.45, 2.75) is 6.10 Å². The van der Waals surface area contributed by atoms with Crippen LogP contribution in [0.4, 0.5) is 8.78 Å². The summed E-state index contributed by atoms with van der Waals surface area (Å²) in [7, 11) is 2.75. The molecular weight excluding hydrogens is 324 g/mol. The van der Waals surface area contributed by atoms with Crippen LogP contribution in [0.2, 0.25) is 0 Å². The molecule has 0 aromatic heterocycles. The molecule has 4 nitrogen and oxygen atoms in total. The van der Waals surface area contributed by atoms with Crippen LogP contribution in [0, 0.1) is 11.6 Å². The fourth-order valence-corrected chi connectivity index (χ4v) is 1.98. The van der Waals surface area contributed by atoms with E-state index in [1.807, 2.05) is 0 Å². The number of rotatable bonds is 5. The van der Waals surface area contributed by atoms with Gasteiger partial charge in [0.1, 0.15) is 17.2 Å². The minimum atomic E-state index is -0.954. The van der Waals surface area contributed by atoms with Crippen molar-refractivity contribution in [3.63, 3.8) is 0 Å². The number of methoxy groups -OCH3 is 1. The number of carbonyl (C=O) groups excluding carboxylic acids is 1. The molecule has 1 N–H and O–H groups in total. The number of benzene rings is 1. The molecule has 106 valence electrons. The molecular formula is C12H14BrF2NO3. The van der Waals surface area contributed by atoms with E-state index >= 15 is 0 Å². The van der Waals surface area contributed by atoms with Gasteiger partial charge in [-0.25, -0.2) is 8.78 Å². The smallest absolute Gasteiger partial charge is 0.259 e. The van der Waals surface area contributed by atoms with Crippen LogP contribution < -0.4 is 0 Å². The predicted molar refractivity (Wildman–Crippen MR) is 68.9 cm³/mol. The summed E-state index contributed by atoms with van der Waals surface area (Å²) in [6.45, 7) is -0.0511. The van der Waals surface area contributed by atoms with E-state index in [4.69, 9.17) is 4.74 Å². The lowest BCUT2D eigenvalue weighted by Gasteiger charge is -2.21. The van der Waals surface area contributed by atoms with Crippen molar-refractivity contribution in [3.8, 4) is 0 Å². The van der Waals surface area contributed by atoms with Gasteiger partial charge in [-0.05, 0) is 12.1 Å². The summed E-state index contributed by atoms with van der Waals surface area (Å²) in [4.78, 5) is 13.0. The molecule has 7 heteroatoms. The quantitative estimate of drug-likeness (QED) is 0.891. The van der Waals surface area contributed by atoms with E-state index in [0.717, 1.165) is 17.0 Å². The standard InChI is InChI=1S/C12H14BrF2NO3/c1-16(5-8(17)6-19-2)12(18)11-9(14)3-7(13)4-10(11)15/h3-4,8,17H,5-6H2,1-2H3. The summed E-state index contributed by atoms with van der Waals surface area (Å²) < 4.78 is 32.1. The third-order valence-electron chi connectivity index (χ3n) is 2.41. The average Bonchev–Trinajstić information content (AvgIpc) is 2.27. The first-order valence-corrected chi connectivity index (χ1v) is 6.23. The number of aliphatic hydroxyl groups excluding tert-OH is 1. The number of likely N-dealkylation sites (N-methyl/N-ethyl adjacent to an activating group) is 1. The molecule has 1 aromatic rings. The van der Waals surface area contributed by atoms with Gasteiger partial charge in [0.25, 0.3) is 5.91 Å². The lowest BCUT2D eigenvalue weighted by molar-refractivity contribution is 0.0376. The van der Waals surface area contributed by atoms with Crippen LogP contribution in [-0.2, 0) is 4.74 Å². The van der Waals surface area contributed by atoms with Crippen molar-refractivity contribution >= 4 is 21.8 Å². The SMILES string of the molecule is COCC(O)CN(C)C(=O)c1c(F)cc(Br)cc1F. The third kappa shape index (κ3) is 4.22. The van der Waals surface area contributed by atoms with Crippen molar-refractivity contribution in [1.82, 2.24) is 4.90 Å². The van der Waals surface area contributed by atoms with Crippen molar-refractivity contribution in [1.29, 1.82) is 0 Å². The zero-order valence-corrected chi connectivity index (χ0v) is 12.1. The highest BCUT2D eigenvalue weighted by molar-refractivity contribution is 9.10. The first-order valence-electron chi connectivity index (χ1n) is 5.43. The Bertz CT molecular complexity index is 447. The van der Waals surface area contributed by atoms with Crippen LogP contribution >= 0.6 is 15.9 Å². The maximum absolute atomic E-state index is 13.6. The summed E-state index contributed by atoms with van der Waals surface area (Å²) in [6, 6.07) is 2.02. The van der Waals surface area contributed by atoms with Crippen molar-refractivity contribution in [2.24, 2.45) is 0 Å². The van der Waals surface area contributed by atoms with Crippen LogP contribution in [0.3, 0.4) is 0 Å². The fourth-order valence-electron chi connectivity index (χ4n) is 1.58. The number of hydrogen-bond donors (Lipinski definition) is 1. The normalized spacial score (nSPS) is 12.3. The first-order chi connectivity index (χ1) is 8.86. The van der Waals surface area contributed by atoms with Gasteiger partial charge in [0.05, 0.1) is 12.7 Å². The van der Waals surface area contributed by atoms with Gasteiger partial charge >= 0.3 is 0 Å². The molecule has 0 saturated heterocycles. The summed E-state index contributed by atoms with van der Waals surface area (Å²) in [6.07, 6.45) is -0.916. The van der Waals surface area contributed by atoms with E-state index in [1.54, 1.807) is 0 Å². The highest BCUT2D eigenvalue weighted by atomic mass is 79.9. The van der Waals surface area contributed by atoms with Gasteiger partial charge < -0.3 is 14.7 Å². The van der Waals surface area contributed by atoms with Gasteiger partial charge in [-0.2, -0.15) is 0 Å². The molecule has 0 aliphatic heterocycles. The molecule has 1 atom stereocenters. The molecule has 0 bridgehead atoms. The number of nitrogens with zero attached hydrogens (tertiary/aromatic N) is 1. The highest BCUT2D eigenvalue weighted by Gasteiger charge is 2.23. The molecule has 0 aliphatic rings. The maximum Gasteiger partial charge on any atom is 0.259 e. The molecule has 0 heterocycles. The summed E-state index contributed by atoms with van der Waals surface area (Å²) in [5, 5.41) is 9.48. The van der Waals surface area contributed by atoms with Crippen LogP contribution in [0.1, 0.15) is 10.4 Å². The van der Waals surface area contributed by atoms with Gasteiger partial charge in [-0.15, -0.1) is 0 Å². The Morgan fingerprint density at radius 3 is 2.47 bits per heavy atom. The van der Waals surface area contributed by atoms with Gasteiger partial charge in [-0.3, -0.25) is 4.79 Å². The second-order valence-electron chi connectivity index (χ2n) is 4.04. The molecule has 1 unspecified atom stereocenters. The Labute approximate surface area is 118 Å². The minimum absolute atomic E-state index is 0.0307. The molecule has 1 amide bonds. The van der Waals surface area contributed by atoms with Gasteiger partial charge in [0, 0.05) is 25.2 Å². The largest absolute Gasteiger partial charge is 0.389 e. The Morgan fingerprint density at radius 2 is 2.00 bits per heavy atom. The predicted octanol–water partition coefficient (Wildman–Crippen LogP) is 1.81. The summed E-state index contributed by atoms with van der Waals surface area (Å²) in [5.74, 6) is -2.74. The third-order valence-corrected chi connectivity index (χ3v) is 2.87. The second-order valence-corrected chi connectivity index (χ2v) is 4.95. The van der Waals surface area contributed by atoms with Crippen molar-refractivity contribution in [2.75, 3.05) is 27.3 Å². The monoisotopic (exact) mass is 337 g/mol. The highest BCUT2D eigenvalue weighted by Crippen LogP contribution is 2.20. The van der Waals surface area contributed by atoms with Gasteiger partial charge in [0.15, 0.2) is 0 Å². The number of carbonyl (C=O) groups is 1.